The van der Waals surface area contributed by atoms with Gasteiger partial charge in [0, 0.05) is 12.6 Å². The van der Waals surface area contributed by atoms with Crippen molar-refractivity contribution in [1.29, 1.82) is 0 Å². The Bertz CT molecular complexity index is 433. The van der Waals surface area contributed by atoms with Crippen molar-refractivity contribution in [3.8, 4) is 0 Å². The summed E-state index contributed by atoms with van der Waals surface area (Å²) in [6.45, 7) is 7.04. The maximum absolute atomic E-state index is 11.2. The Kier molecular flexibility index (Phi) is 5.60. The molecule has 0 atom stereocenters. The van der Waals surface area contributed by atoms with Crippen molar-refractivity contribution in [2.75, 3.05) is 17.2 Å². The van der Waals surface area contributed by atoms with Crippen LogP contribution in [0, 0.1) is 10.1 Å². The lowest BCUT2D eigenvalue weighted by Gasteiger charge is -2.28. The van der Waals surface area contributed by atoms with E-state index in [1.54, 1.807) is 18.2 Å². The predicted octanol–water partition coefficient (Wildman–Crippen LogP) is 3.58. The molecule has 0 aromatic heterocycles. The van der Waals surface area contributed by atoms with Gasteiger partial charge in [0.2, 0.25) is 0 Å². The molecule has 0 heterocycles. The molecule has 0 unspecified atom stereocenters. The van der Waals surface area contributed by atoms with E-state index in [4.69, 9.17) is 5.73 Å². The predicted molar refractivity (Wildman–Crippen MR) is 79.5 cm³/mol. The highest BCUT2D eigenvalue weighted by atomic mass is 16.6. The zero-order valence-corrected chi connectivity index (χ0v) is 11.9. The first-order valence-electron chi connectivity index (χ1n) is 6.78. The van der Waals surface area contributed by atoms with Crippen LogP contribution in [-0.4, -0.2) is 17.5 Å². The molecule has 1 aromatic carbocycles. The Hall–Kier alpha value is -1.78. The van der Waals surface area contributed by atoms with Crippen LogP contribution >= 0.6 is 0 Å². The minimum Gasteiger partial charge on any atom is -0.393 e. The van der Waals surface area contributed by atoms with Crippen LogP contribution in [0.3, 0.4) is 0 Å². The van der Waals surface area contributed by atoms with Crippen molar-refractivity contribution in [1.82, 2.24) is 0 Å². The average Bonchev–Trinajstić information content (AvgIpc) is 2.33. The molecule has 2 N–H and O–H groups in total. The Morgan fingerprint density at radius 2 is 2.05 bits per heavy atom. The summed E-state index contributed by atoms with van der Waals surface area (Å²) in [6.07, 6.45) is 3.28. The van der Waals surface area contributed by atoms with Crippen molar-refractivity contribution >= 4 is 17.1 Å². The van der Waals surface area contributed by atoms with Crippen molar-refractivity contribution < 1.29 is 4.92 Å². The van der Waals surface area contributed by atoms with Gasteiger partial charge >= 0.3 is 5.69 Å². The van der Waals surface area contributed by atoms with Gasteiger partial charge in [0.1, 0.15) is 11.4 Å². The summed E-state index contributed by atoms with van der Waals surface area (Å²) >= 11 is 0. The summed E-state index contributed by atoms with van der Waals surface area (Å²) in [5.74, 6) is 0. The van der Waals surface area contributed by atoms with Crippen LogP contribution in [0.25, 0.3) is 0 Å². The summed E-state index contributed by atoms with van der Waals surface area (Å²) in [5.41, 5.74) is 6.61. The van der Waals surface area contributed by atoms with Crippen molar-refractivity contribution in [2.45, 2.75) is 46.1 Å². The van der Waals surface area contributed by atoms with E-state index in [-0.39, 0.29) is 22.3 Å². The van der Waals surface area contributed by atoms with E-state index in [1.807, 2.05) is 13.8 Å². The number of nitrogen functional groups attached to an aromatic ring is 1. The van der Waals surface area contributed by atoms with E-state index in [2.05, 4.69) is 11.8 Å². The smallest absolute Gasteiger partial charge is 0.315 e. The number of hydrogen-bond donors (Lipinski definition) is 1. The second-order valence-corrected chi connectivity index (χ2v) is 4.97. The van der Waals surface area contributed by atoms with E-state index in [0.717, 1.165) is 25.8 Å². The first-order valence-corrected chi connectivity index (χ1v) is 6.78. The lowest BCUT2D eigenvalue weighted by molar-refractivity contribution is -0.383. The maximum Gasteiger partial charge on any atom is 0.315 e. The van der Waals surface area contributed by atoms with Crippen molar-refractivity contribution in [3.63, 3.8) is 0 Å². The standard InChI is InChI=1S/C14H23N3O2/c1-4-5-6-10-16(11(2)3)13-9-7-8-12(15)14(13)17(18)19/h7-9,11H,4-6,10,15H2,1-3H3. The number of para-hydroxylation sites is 1. The molecule has 0 aliphatic heterocycles. The molecule has 19 heavy (non-hydrogen) atoms. The number of nitro benzene ring substituents is 1. The van der Waals surface area contributed by atoms with Gasteiger partial charge in [0.25, 0.3) is 0 Å². The van der Waals surface area contributed by atoms with Gasteiger partial charge in [-0.15, -0.1) is 0 Å². The maximum atomic E-state index is 11.2. The summed E-state index contributed by atoms with van der Waals surface area (Å²) in [5, 5.41) is 11.2. The molecule has 0 radical (unpaired) electrons. The highest BCUT2D eigenvalue weighted by Gasteiger charge is 2.23. The van der Waals surface area contributed by atoms with Crippen LogP contribution in [0.4, 0.5) is 17.1 Å². The molecular formula is C14H23N3O2. The van der Waals surface area contributed by atoms with E-state index < -0.39 is 0 Å². The lowest BCUT2D eigenvalue weighted by atomic mass is 10.1. The zero-order chi connectivity index (χ0) is 14.4. The highest BCUT2D eigenvalue weighted by Crippen LogP contribution is 2.34. The van der Waals surface area contributed by atoms with E-state index in [9.17, 15) is 10.1 Å². The topological polar surface area (TPSA) is 72.4 Å². The zero-order valence-electron chi connectivity index (χ0n) is 11.9. The molecule has 1 rings (SSSR count). The van der Waals surface area contributed by atoms with Gasteiger partial charge in [-0.25, -0.2) is 0 Å². The van der Waals surface area contributed by atoms with Gasteiger partial charge < -0.3 is 10.6 Å². The molecule has 0 fully saturated rings. The molecule has 1 aromatic rings. The van der Waals surface area contributed by atoms with Gasteiger partial charge in [0.05, 0.1) is 4.92 Å². The Morgan fingerprint density at radius 3 is 2.58 bits per heavy atom. The summed E-state index contributed by atoms with van der Waals surface area (Å²) in [4.78, 5) is 12.9. The van der Waals surface area contributed by atoms with Gasteiger partial charge in [-0.05, 0) is 32.4 Å². The second kappa shape index (κ2) is 6.97. The molecule has 0 spiro atoms. The minimum atomic E-state index is -0.389. The molecule has 0 aliphatic rings. The normalized spacial score (nSPS) is 10.7. The van der Waals surface area contributed by atoms with Gasteiger partial charge in [0.15, 0.2) is 0 Å². The molecule has 0 aliphatic carbocycles. The first kappa shape index (κ1) is 15.3. The number of rotatable bonds is 7. The fourth-order valence-electron chi connectivity index (χ4n) is 2.17. The van der Waals surface area contributed by atoms with Crippen LogP contribution < -0.4 is 10.6 Å². The molecule has 0 saturated carbocycles. The van der Waals surface area contributed by atoms with Crippen LogP contribution in [0.15, 0.2) is 18.2 Å². The number of nitrogens with zero attached hydrogens (tertiary/aromatic N) is 2. The fourth-order valence-corrected chi connectivity index (χ4v) is 2.17. The molecule has 106 valence electrons. The number of nitro groups is 1. The van der Waals surface area contributed by atoms with Crippen molar-refractivity contribution in [3.05, 3.63) is 28.3 Å². The highest BCUT2D eigenvalue weighted by molar-refractivity contribution is 5.75. The van der Waals surface area contributed by atoms with Crippen LogP contribution in [0.2, 0.25) is 0 Å². The van der Waals surface area contributed by atoms with Crippen molar-refractivity contribution in [2.24, 2.45) is 0 Å². The SMILES string of the molecule is CCCCCN(c1cccc(N)c1[N+](=O)[O-])C(C)C. The van der Waals surface area contributed by atoms with E-state index >= 15 is 0 Å². The lowest BCUT2D eigenvalue weighted by Crippen LogP contribution is -2.32. The molecule has 0 amide bonds. The quantitative estimate of drug-likeness (QED) is 0.354. The number of benzene rings is 1. The average molecular weight is 265 g/mol. The minimum absolute atomic E-state index is 0.0210. The van der Waals surface area contributed by atoms with Gasteiger partial charge in [-0.3, -0.25) is 10.1 Å². The van der Waals surface area contributed by atoms with Gasteiger partial charge in [-0.2, -0.15) is 0 Å². The third-order valence-corrected chi connectivity index (χ3v) is 3.16. The summed E-state index contributed by atoms with van der Waals surface area (Å²) < 4.78 is 0. The summed E-state index contributed by atoms with van der Waals surface area (Å²) in [7, 11) is 0. The molecule has 0 saturated heterocycles. The van der Waals surface area contributed by atoms with E-state index in [0.29, 0.717) is 5.69 Å². The number of hydrogen-bond acceptors (Lipinski definition) is 4. The van der Waals surface area contributed by atoms with Crippen LogP contribution in [-0.2, 0) is 0 Å². The Balaban J connectivity index is 3.08. The molecular weight excluding hydrogens is 242 g/mol. The second-order valence-electron chi connectivity index (χ2n) is 4.97. The number of anilines is 2. The largest absolute Gasteiger partial charge is 0.393 e. The Labute approximate surface area is 114 Å². The van der Waals surface area contributed by atoms with Crippen LogP contribution in [0.1, 0.15) is 40.0 Å². The Morgan fingerprint density at radius 1 is 1.37 bits per heavy atom. The third-order valence-electron chi connectivity index (χ3n) is 3.16. The van der Waals surface area contributed by atoms with Gasteiger partial charge in [-0.1, -0.05) is 25.8 Å². The molecule has 5 heteroatoms. The molecule has 5 nitrogen and oxygen atoms in total. The first-order chi connectivity index (χ1) is 8.99. The van der Waals surface area contributed by atoms with Crippen LogP contribution in [0.5, 0.6) is 0 Å². The fraction of sp³-hybridized carbons (Fsp3) is 0.571. The number of unbranched alkanes of at least 4 members (excludes halogenated alkanes) is 2. The molecule has 0 bridgehead atoms. The summed E-state index contributed by atoms with van der Waals surface area (Å²) in [6, 6.07) is 5.33. The van der Waals surface area contributed by atoms with E-state index in [1.165, 1.54) is 0 Å². The number of nitrogens with two attached hydrogens (primary N) is 1. The third kappa shape index (κ3) is 3.84. The monoisotopic (exact) mass is 265 g/mol.